The molecule has 2 aliphatic carbocycles. The van der Waals surface area contributed by atoms with Crippen LogP contribution in [0.15, 0.2) is 12.4 Å². The zero-order valence-corrected chi connectivity index (χ0v) is 13.1. The molecule has 3 atom stereocenters. The quantitative estimate of drug-likeness (QED) is 0.898. The molecule has 3 rings (SSSR count). The summed E-state index contributed by atoms with van der Waals surface area (Å²) in [5.74, 6) is 0.869. The van der Waals surface area contributed by atoms with Crippen LogP contribution in [0.5, 0.6) is 0 Å². The molecule has 20 heavy (non-hydrogen) atoms. The highest BCUT2D eigenvalue weighted by Gasteiger charge is 2.59. The molecule has 112 valence electrons. The number of hydrogen-bond acceptors (Lipinski definition) is 3. The molecular formula is C16H27N3O. The van der Waals surface area contributed by atoms with Crippen molar-refractivity contribution in [3.63, 3.8) is 0 Å². The molecule has 1 aromatic heterocycles. The third kappa shape index (κ3) is 2.14. The first-order valence-electron chi connectivity index (χ1n) is 7.74. The van der Waals surface area contributed by atoms with Crippen LogP contribution in [0.1, 0.15) is 40.0 Å². The number of nitrogens with one attached hydrogen (secondary N) is 1. The largest absolute Gasteiger partial charge is 0.383 e. The standard InChI is InChI=1S/C16H27N3O/c1-15(2)12-5-6-16(3,9-12)14(15)18-13-10-17-19(11-13)7-8-20-4/h10-12,14,18H,5-9H2,1-4H3. The molecule has 4 heteroatoms. The summed E-state index contributed by atoms with van der Waals surface area (Å²) in [5, 5.41) is 8.18. The Morgan fingerprint density at radius 3 is 2.90 bits per heavy atom. The first kappa shape index (κ1) is 13.9. The van der Waals surface area contributed by atoms with Crippen molar-refractivity contribution >= 4 is 5.69 Å². The van der Waals surface area contributed by atoms with Crippen molar-refractivity contribution in [2.45, 2.75) is 52.6 Å². The van der Waals surface area contributed by atoms with Gasteiger partial charge in [-0.15, -0.1) is 0 Å². The molecule has 1 N–H and O–H groups in total. The molecule has 0 aliphatic heterocycles. The number of nitrogens with zero attached hydrogens (tertiary/aromatic N) is 2. The van der Waals surface area contributed by atoms with E-state index in [4.69, 9.17) is 4.74 Å². The summed E-state index contributed by atoms with van der Waals surface area (Å²) < 4.78 is 7.05. The predicted molar refractivity (Wildman–Crippen MR) is 80.7 cm³/mol. The minimum atomic E-state index is 0.377. The average molecular weight is 277 g/mol. The summed E-state index contributed by atoms with van der Waals surface area (Å²) in [4.78, 5) is 0. The highest BCUT2D eigenvalue weighted by atomic mass is 16.5. The van der Waals surface area contributed by atoms with Gasteiger partial charge in [0.1, 0.15) is 0 Å². The summed E-state index contributed by atoms with van der Waals surface area (Å²) in [7, 11) is 1.72. The summed E-state index contributed by atoms with van der Waals surface area (Å²) >= 11 is 0. The van der Waals surface area contributed by atoms with Gasteiger partial charge >= 0.3 is 0 Å². The molecule has 1 heterocycles. The topological polar surface area (TPSA) is 39.1 Å². The normalized spacial score (nSPS) is 34.6. The molecule has 0 aromatic carbocycles. The molecule has 2 bridgehead atoms. The van der Waals surface area contributed by atoms with Gasteiger partial charge in [-0.2, -0.15) is 5.10 Å². The van der Waals surface area contributed by atoms with Gasteiger partial charge in [0.15, 0.2) is 0 Å². The van der Waals surface area contributed by atoms with Crippen LogP contribution < -0.4 is 5.32 Å². The van der Waals surface area contributed by atoms with E-state index in [1.165, 1.54) is 19.3 Å². The van der Waals surface area contributed by atoms with E-state index in [0.717, 1.165) is 18.2 Å². The molecule has 2 saturated carbocycles. The van der Waals surface area contributed by atoms with Crippen molar-refractivity contribution < 1.29 is 4.74 Å². The second-order valence-corrected chi connectivity index (χ2v) is 7.48. The lowest BCUT2D eigenvalue weighted by Gasteiger charge is -2.43. The van der Waals surface area contributed by atoms with Gasteiger partial charge in [0.05, 0.1) is 25.0 Å². The molecule has 4 nitrogen and oxygen atoms in total. The molecule has 0 spiro atoms. The Morgan fingerprint density at radius 2 is 2.25 bits per heavy atom. The highest BCUT2D eigenvalue weighted by Crippen LogP contribution is 2.63. The van der Waals surface area contributed by atoms with Crippen LogP contribution in [-0.4, -0.2) is 29.5 Å². The third-order valence-corrected chi connectivity index (χ3v) is 5.74. The second kappa shape index (κ2) is 4.76. The van der Waals surface area contributed by atoms with Crippen molar-refractivity contribution in [2.24, 2.45) is 16.7 Å². The maximum absolute atomic E-state index is 5.10. The van der Waals surface area contributed by atoms with E-state index in [0.29, 0.717) is 23.5 Å². The monoisotopic (exact) mass is 277 g/mol. The molecule has 1 aromatic rings. The van der Waals surface area contributed by atoms with E-state index in [2.05, 4.69) is 37.4 Å². The average Bonchev–Trinajstić information content (AvgIpc) is 3.04. The van der Waals surface area contributed by atoms with E-state index < -0.39 is 0 Å². The minimum absolute atomic E-state index is 0.377. The number of ether oxygens (including phenoxy) is 1. The van der Waals surface area contributed by atoms with Gasteiger partial charge in [0.2, 0.25) is 0 Å². The lowest BCUT2D eigenvalue weighted by Crippen LogP contribution is -2.45. The van der Waals surface area contributed by atoms with Gasteiger partial charge in [0.25, 0.3) is 0 Å². The van der Waals surface area contributed by atoms with Crippen LogP contribution in [0, 0.1) is 16.7 Å². The SMILES string of the molecule is COCCn1cc(NC2C3(C)CCC(C3)C2(C)C)cn1. The third-order valence-electron chi connectivity index (χ3n) is 5.74. The fraction of sp³-hybridized carbons (Fsp3) is 0.812. The van der Waals surface area contributed by atoms with Crippen LogP contribution >= 0.6 is 0 Å². The fourth-order valence-electron chi connectivity index (χ4n) is 4.57. The van der Waals surface area contributed by atoms with Crippen molar-refractivity contribution in [3.8, 4) is 0 Å². The number of fused-ring (bicyclic) bond motifs is 2. The first-order chi connectivity index (χ1) is 9.45. The molecule has 0 radical (unpaired) electrons. The lowest BCUT2D eigenvalue weighted by atomic mass is 9.68. The smallest absolute Gasteiger partial charge is 0.0729 e. The summed E-state index contributed by atoms with van der Waals surface area (Å²) in [6.45, 7) is 8.82. The Bertz CT molecular complexity index is 477. The number of aromatic nitrogens is 2. The summed E-state index contributed by atoms with van der Waals surface area (Å²) in [6, 6.07) is 0.550. The second-order valence-electron chi connectivity index (χ2n) is 7.48. The van der Waals surface area contributed by atoms with E-state index >= 15 is 0 Å². The number of methoxy groups -OCH3 is 1. The lowest BCUT2D eigenvalue weighted by molar-refractivity contribution is 0.155. The first-order valence-corrected chi connectivity index (χ1v) is 7.74. The highest BCUT2D eigenvalue weighted by molar-refractivity contribution is 5.42. The van der Waals surface area contributed by atoms with E-state index in [9.17, 15) is 0 Å². The van der Waals surface area contributed by atoms with Gasteiger partial charge in [-0.05, 0) is 36.0 Å². The van der Waals surface area contributed by atoms with Crippen molar-refractivity contribution in [1.82, 2.24) is 9.78 Å². The van der Waals surface area contributed by atoms with Crippen molar-refractivity contribution in [1.29, 1.82) is 0 Å². The van der Waals surface area contributed by atoms with Gasteiger partial charge in [-0.3, -0.25) is 4.68 Å². The Morgan fingerprint density at radius 1 is 1.45 bits per heavy atom. The Kier molecular flexibility index (Phi) is 3.32. The Labute approximate surface area is 121 Å². The predicted octanol–water partition coefficient (Wildman–Crippen LogP) is 3.16. The molecule has 2 aliphatic rings. The zero-order chi connectivity index (χ0) is 14.4. The van der Waals surface area contributed by atoms with Gasteiger partial charge < -0.3 is 10.1 Å². The van der Waals surface area contributed by atoms with Crippen LogP contribution in [0.3, 0.4) is 0 Å². The van der Waals surface area contributed by atoms with Crippen molar-refractivity contribution in [3.05, 3.63) is 12.4 Å². The van der Waals surface area contributed by atoms with Crippen LogP contribution in [0.4, 0.5) is 5.69 Å². The summed E-state index contributed by atoms with van der Waals surface area (Å²) in [5.41, 5.74) is 1.97. The number of rotatable bonds is 5. The fourth-order valence-corrected chi connectivity index (χ4v) is 4.57. The molecule has 3 unspecified atom stereocenters. The maximum Gasteiger partial charge on any atom is 0.0729 e. The minimum Gasteiger partial charge on any atom is -0.383 e. The van der Waals surface area contributed by atoms with Gasteiger partial charge in [0, 0.05) is 19.3 Å². The Balaban J connectivity index is 1.72. The molecular weight excluding hydrogens is 250 g/mol. The van der Waals surface area contributed by atoms with Crippen LogP contribution in [0.25, 0.3) is 0 Å². The van der Waals surface area contributed by atoms with E-state index in [1.807, 2.05) is 10.9 Å². The zero-order valence-electron chi connectivity index (χ0n) is 13.1. The summed E-state index contributed by atoms with van der Waals surface area (Å²) in [6.07, 6.45) is 8.17. The van der Waals surface area contributed by atoms with Crippen molar-refractivity contribution in [2.75, 3.05) is 19.0 Å². The maximum atomic E-state index is 5.10. The van der Waals surface area contributed by atoms with E-state index in [1.54, 1.807) is 7.11 Å². The van der Waals surface area contributed by atoms with E-state index in [-0.39, 0.29) is 0 Å². The van der Waals surface area contributed by atoms with Crippen LogP contribution in [-0.2, 0) is 11.3 Å². The van der Waals surface area contributed by atoms with Gasteiger partial charge in [-0.25, -0.2) is 0 Å². The number of hydrogen-bond donors (Lipinski definition) is 1. The molecule has 0 amide bonds. The van der Waals surface area contributed by atoms with Crippen LogP contribution in [0.2, 0.25) is 0 Å². The molecule has 0 saturated heterocycles. The Hall–Kier alpha value is -1.03. The molecule has 2 fully saturated rings. The number of anilines is 1. The van der Waals surface area contributed by atoms with Gasteiger partial charge in [-0.1, -0.05) is 20.8 Å².